The van der Waals surface area contributed by atoms with Gasteiger partial charge in [-0.3, -0.25) is 9.89 Å². The van der Waals surface area contributed by atoms with Crippen LogP contribution in [0.3, 0.4) is 0 Å². The Morgan fingerprint density at radius 1 is 1.28 bits per heavy atom. The zero-order valence-electron chi connectivity index (χ0n) is 16.3. The fraction of sp³-hybridized carbons (Fsp3) is 0.611. The fourth-order valence-corrected chi connectivity index (χ4v) is 4.37. The molecule has 6 nitrogen and oxygen atoms in total. The Morgan fingerprint density at radius 3 is 2.59 bits per heavy atom. The van der Waals surface area contributed by atoms with Gasteiger partial charge in [0.05, 0.1) is 17.2 Å². The van der Waals surface area contributed by atoms with Gasteiger partial charge >= 0.3 is 6.18 Å². The Morgan fingerprint density at radius 2 is 1.97 bits per heavy atom. The molecule has 2 rings (SSSR count). The predicted molar refractivity (Wildman–Crippen MR) is 119 cm³/mol. The molecule has 0 aromatic heterocycles. The lowest BCUT2D eigenvalue weighted by Gasteiger charge is -2.19. The number of hydrogen-bond acceptors (Lipinski definition) is 4. The van der Waals surface area contributed by atoms with E-state index in [-0.39, 0.29) is 35.8 Å². The molecular weight excluding hydrogens is 520 g/mol. The molecule has 0 spiro atoms. The van der Waals surface area contributed by atoms with Gasteiger partial charge in [0.1, 0.15) is 0 Å². The van der Waals surface area contributed by atoms with Crippen LogP contribution in [0, 0.1) is 0 Å². The highest BCUT2D eigenvalue weighted by molar-refractivity contribution is 14.0. The van der Waals surface area contributed by atoms with Crippen LogP contribution in [0.25, 0.3) is 0 Å². The zero-order chi connectivity index (χ0) is 20.6. The molecule has 1 unspecified atom stereocenters. The van der Waals surface area contributed by atoms with E-state index in [2.05, 4.69) is 15.6 Å². The van der Waals surface area contributed by atoms with Crippen molar-refractivity contribution in [2.45, 2.75) is 36.9 Å². The number of nitrogens with zero attached hydrogens (tertiary/aromatic N) is 2. The number of alkyl halides is 3. The van der Waals surface area contributed by atoms with Gasteiger partial charge in [0.2, 0.25) is 0 Å². The van der Waals surface area contributed by atoms with Gasteiger partial charge in [0.15, 0.2) is 15.8 Å². The van der Waals surface area contributed by atoms with E-state index < -0.39 is 22.6 Å². The third-order valence-electron chi connectivity index (χ3n) is 4.30. The molecule has 11 heteroatoms. The third kappa shape index (κ3) is 9.51. The molecule has 1 aromatic rings. The summed E-state index contributed by atoms with van der Waals surface area (Å²) in [7, 11) is -3.34. The predicted octanol–water partition coefficient (Wildman–Crippen LogP) is 2.66. The van der Waals surface area contributed by atoms with E-state index in [9.17, 15) is 21.6 Å². The highest BCUT2D eigenvalue weighted by Crippen LogP contribution is 2.20. The normalized spacial score (nSPS) is 18.3. The molecular formula is C18H28F3IN4O2S. The Balaban J connectivity index is 0.00000420. The summed E-state index contributed by atoms with van der Waals surface area (Å²) in [6, 6.07) is 8.14. The molecule has 1 aliphatic heterocycles. The van der Waals surface area contributed by atoms with Crippen LogP contribution in [0.4, 0.5) is 13.2 Å². The molecule has 1 aliphatic rings. The number of guanidine groups is 1. The SMILES string of the molecule is CCNC(=NCCCS(=O)(=O)c1ccccc1)NC1CCN(CC(F)(F)F)C1.I. The molecule has 2 N–H and O–H groups in total. The van der Waals surface area contributed by atoms with E-state index in [1.54, 1.807) is 30.3 Å². The van der Waals surface area contributed by atoms with Crippen LogP contribution < -0.4 is 10.6 Å². The standard InChI is InChI=1S/C18H27F3N4O2S.HI/c1-2-22-17(24-15-9-11-25(13-15)14-18(19,20)21)23-10-6-12-28(26,27)16-7-4-3-5-8-16;/h3-5,7-8,15H,2,6,9-14H2,1H3,(H2,22,23,24);1H. The molecule has 1 aromatic carbocycles. The number of hydrogen-bond donors (Lipinski definition) is 2. The average molecular weight is 548 g/mol. The molecule has 166 valence electrons. The number of likely N-dealkylation sites (tertiary alicyclic amines) is 1. The molecule has 0 bridgehead atoms. The summed E-state index contributed by atoms with van der Waals surface area (Å²) in [4.78, 5) is 6.02. The molecule has 1 saturated heterocycles. The second-order valence-corrected chi connectivity index (χ2v) is 8.84. The van der Waals surface area contributed by atoms with Gasteiger partial charge in [0, 0.05) is 32.2 Å². The van der Waals surface area contributed by atoms with Crippen molar-refractivity contribution in [3.63, 3.8) is 0 Å². The average Bonchev–Trinajstić information content (AvgIpc) is 3.04. The quantitative estimate of drug-likeness (QED) is 0.226. The van der Waals surface area contributed by atoms with E-state index in [1.807, 2.05) is 6.92 Å². The van der Waals surface area contributed by atoms with Crippen LogP contribution in [0.5, 0.6) is 0 Å². The third-order valence-corrected chi connectivity index (χ3v) is 6.12. The van der Waals surface area contributed by atoms with Crippen LogP contribution in [0.2, 0.25) is 0 Å². The minimum atomic E-state index is -4.20. The molecule has 0 aliphatic carbocycles. The van der Waals surface area contributed by atoms with Gasteiger partial charge in [-0.1, -0.05) is 18.2 Å². The van der Waals surface area contributed by atoms with Gasteiger partial charge < -0.3 is 10.6 Å². The smallest absolute Gasteiger partial charge is 0.357 e. The molecule has 29 heavy (non-hydrogen) atoms. The lowest BCUT2D eigenvalue weighted by Crippen LogP contribution is -2.45. The number of halogens is 4. The number of rotatable bonds is 8. The number of nitrogens with one attached hydrogen (secondary N) is 2. The molecule has 0 amide bonds. The largest absolute Gasteiger partial charge is 0.401 e. The number of aliphatic imine (C=N–C) groups is 1. The van der Waals surface area contributed by atoms with Gasteiger partial charge in [-0.2, -0.15) is 13.2 Å². The van der Waals surface area contributed by atoms with Crippen molar-refractivity contribution in [1.82, 2.24) is 15.5 Å². The number of benzene rings is 1. The summed E-state index contributed by atoms with van der Waals surface area (Å²) in [5.41, 5.74) is 0. The van der Waals surface area contributed by atoms with Crippen molar-refractivity contribution >= 4 is 39.8 Å². The maximum atomic E-state index is 12.5. The summed E-state index contributed by atoms with van der Waals surface area (Å²) < 4.78 is 62.0. The van der Waals surface area contributed by atoms with Crippen molar-refractivity contribution in [2.75, 3.05) is 38.5 Å². The van der Waals surface area contributed by atoms with Gasteiger partial charge in [-0.05, 0) is 31.9 Å². The molecule has 1 atom stereocenters. The van der Waals surface area contributed by atoms with E-state index in [1.165, 1.54) is 4.90 Å². The number of sulfone groups is 1. The maximum Gasteiger partial charge on any atom is 0.401 e. The van der Waals surface area contributed by atoms with Crippen LogP contribution in [-0.2, 0) is 9.84 Å². The monoisotopic (exact) mass is 548 g/mol. The molecule has 1 fully saturated rings. The summed E-state index contributed by atoms with van der Waals surface area (Å²) in [5, 5.41) is 6.19. The fourth-order valence-electron chi connectivity index (χ4n) is 3.05. The Hall–Kier alpha value is -1.08. The molecule has 1 heterocycles. The first kappa shape index (κ1) is 26.0. The zero-order valence-corrected chi connectivity index (χ0v) is 19.4. The van der Waals surface area contributed by atoms with E-state index >= 15 is 0 Å². The van der Waals surface area contributed by atoms with Crippen molar-refractivity contribution in [1.29, 1.82) is 0 Å². The summed E-state index contributed by atoms with van der Waals surface area (Å²) in [6.45, 7) is 2.57. The topological polar surface area (TPSA) is 73.8 Å². The lowest BCUT2D eigenvalue weighted by molar-refractivity contribution is -0.143. The Kier molecular flexibility index (Phi) is 10.7. The first-order valence-corrected chi connectivity index (χ1v) is 11.0. The minimum Gasteiger partial charge on any atom is -0.357 e. The second kappa shape index (κ2) is 11.9. The molecule has 0 radical (unpaired) electrons. The maximum absolute atomic E-state index is 12.5. The van der Waals surface area contributed by atoms with Crippen molar-refractivity contribution in [3.05, 3.63) is 30.3 Å². The van der Waals surface area contributed by atoms with E-state index in [4.69, 9.17) is 0 Å². The van der Waals surface area contributed by atoms with Gasteiger partial charge in [0.25, 0.3) is 0 Å². The summed E-state index contributed by atoms with van der Waals surface area (Å²) >= 11 is 0. The Bertz CT molecular complexity index is 745. The van der Waals surface area contributed by atoms with Gasteiger partial charge in [-0.25, -0.2) is 8.42 Å². The van der Waals surface area contributed by atoms with Crippen LogP contribution in [-0.4, -0.2) is 70.0 Å². The highest BCUT2D eigenvalue weighted by Gasteiger charge is 2.34. The van der Waals surface area contributed by atoms with Crippen molar-refractivity contribution in [3.8, 4) is 0 Å². The van der Waals surface area contributed by atoms with E-state index in [0.29, 0.717) is 49.9 Å². The van der Waals surface area contributed by atoms with Crippen LogP contribution >= 0.6 is 24.0 Å². The molecule has 0 saturated carbocycles. The Labute approximate surface area is 187 Å². The van der Waals surface area contributed by atoms with Crippen LogP contribution in [0.15, 0.2) is 40.2 Å². The van der Waals surface area contributed by atoms with Crippen LogP contribution in [0.1, 0.15) is 19.8 Å². The summed E-state index contributed by atoms with van der Waals surface area (Å²) in [6.07, 6.45) is -3.24. The first-order valence-electron chi connectivity index (χ1n) is 9.31. The lowest BCUT2D eigenvalue weighted by atomic mass is 10.3. The van der Waals surface area contributed by atoms with E-state index in [0.717, 1.165) is 0 Å². The van der Waals surface area contributed by atoms with Gasteiger partial charge in [-0.15, -0.1) is 24.0 Å². The minimum absolute atomic E-state index is 0. The van der Waals surface area contributed by atoms with Crippen molar-refractivity contribution < 1.29 is 21.6 Å². The highest BCUT2D eigenvalue weighted by atomic mass is 127. The first-order chi connectivity index (χ1) is 13.2. The van der Waals surface area contributed by atoms with Crippen molar-refractivity contribution in [2.24, 2.45) is 4.99 Å². The summed E-state index contributed by atoms with van der Waals surface area (Å²) in [5.74, 6) is 0.487. The second-order valence-electron chi connectivity index (χ2n) is 6.73.